The predicted octanol–water partition coefficient (Wildman–Crippen LogP) is 4.69. The molecule has 0 aliphatic carbocycles. The van der Waals surface area contributed by atoms with Crippen molar-refractivity contribution in [2.75, 3.05) is 7.11 Å². The molecule has 2 nitrogen and oxygen atoms in total. The van der Waals surface area contributed by atoms with Gasteiger partial charge in [-0.05, 0) is 36.6 Å². The topological polar surface area (TPSA) is 35.2 Å². The average Bonchev–Trinajstić information content (AvgIpc) is 2.39. The van der Waals surface area contributed by atoms with Crippen LogP contribution in [0.1, 0.15) is 51.0 Å². The molecule has 19 heavy (non-hydrogen) atoms. The first-order valence-electron chi connectivity index (χ1n) is 7.25. The Morgan fingerprint density at radius 2 is 1.95 bits per heavy atom. The maximum atomic E-state index is 6.22. The van der Waals surface area contributed by atoms with E-state index in [0.29, 0.717) is 0 Å². The largest absolute Gasteiger partial charge is 0.496 e. The van der Waals surface area contributed by atoms with Gasteiger partial charge in [0.25, 0.3) is 0 Å². The number of unbranched alkanes of at least 4 members (excludes halogenated alkanes) is 4. The van der Waals surface area contributed by atoms with E-state index in [9.17, 15) is 0 Å². The Bertz CT molecular complexity index is 368. The number of rotatable bonds is 9. The number of hydrogen-bond acceptors (Lipinski definition) is 2. The zero-order valence-electron chi connectivity index (χ0n) is 12.1. The molecule has 1 unspecified atom stereocenters. The van der Waals surface area contributed by atoms with E-state index in [0.717, 1.165) is 23.1 Å². The van der Waals surface area contributed by atoms with Crippen molar-refractivity contribution in [2.24, 2.45) is 5.73 Å². The van der Waals surface area contributed by atoms with Crippen LogP contribution in [0.25, 0.3) is 0 Å². The van der Waals surface area contributed by atoms with E-state index in [1.54, 1.807) is 7.11 Å². The Hall–Kier alpha value is -0.540. The molecule has 0 saturated carbocycles. The van der Waals surface area contributed by atoms with E-state index in [1.807, 2.05) is 12.1 Å². The van der Waals surface area contributed by atoms with E-state index in [-0.39, 0.29) is 6.04 Å². The zero-order valence-corrected chi connectivity index (χ0v) is 13.7. The number of methoxy groups -OCH3 is 1. The molecule has 0 aromatic heterocycles. The monoisotopic (exact) mass is 327 g/mol. The Kier molecular flexibility index (Phi) is 8.15. The van der Waals surface area contributed by atoms with Crippen LogP contribution in [0, 0.1) is 0 Å². The van der Waals surface area contributed by atoms with Crippen LogP contribution in [0.3, 0.4) is 0 Å². The van der Waals surface area contributed by atoms with Crippen LogP contribution in [0.15, 0.2) is 22.7 Å². The smallest absolute Gasteiger partial charge is 0.122 e. The molecule has 0 heterocycles. The SMILES string of the molecule is CCCCCCCC(N)Cc1cc(Br)ccc1OC. The summed E-state index contributed by atoms with van der Waals surface area (Å²) >= 11 is 3.50. The van der Waals surface area contributed by atoms with Gasteiger partial charge in [0.1, 0.15) is 5.75 Å². The molecular weight excluding hydrogens is 302 g/mol. The second-order valence-corrected chi connectivity index (χ2v) is 6.04. The third kappa shape index (κ3) is 6.44. The second kappa shape index (κ2) is 9.38. The third-order valence-electron chi connectivity index (χ3n) is 3.40. The normalized spacial score (nSPS) is 12.4. The standard InChI is InChI=1S/C16H26BrNO/c1-3-4-5-6-7-8-15(18)12-13-11-14(17)9-10-16(13)19-2/h9-11,15H,3-8,12,18H2,1-2H3. The van der Waals surface area contributed by atoms with Crippen molar-refractivity contribution in [1.29, 1.82) is 0 Å². The highest BCUT2D eigenvalue weighted by molar-refractivity contribution is 9.10. The zero-order chi connectivity index (χ0) is 14.1. The van der Waals surface area contributed by atoms with E-state index >= 15 is 0 Å². The Balaban J connectivity index is 2.39. The molecule has 0 aliphatic heterocycles. The summed E-state index contributed by atoms with van der Waals surface area (Å²) < 4.78 is 6.46. The summed E-state index contributed by atoms with van der Waals surface area (Å²) in [6.07, 6.45) is 8.49. The first kappa shape index (κ1) is 16.5. The van der Waals surface area contributed by atoms with Crippen LogP contribution in [0.2, 0.25) is 0 Å². The molecular formula is C16H26BrNO. The van der Waals surface area contributed by atoms with Crippen LogP contribution in [0.4, 0.5) is 0 Å². The van der Waals surface area contributed by atoms with Crippen LogP contribution in [-0.4, -0.2) is 13.2 Å². The lowest BCUT2D eigenvalue weighted by molar-refractivity contribution is 0.406. The number of halogens is 1. The molecule has 0 amide bonds. The number of ether oxygens (including phenoxy) is 1. The number of benzene rings is 1. The van der Waals surface area contributed by atoms with Crippen molar-refractivity contribution < 1.29 is 4.74 Å². The molecule has 3 heteroatoms. The lowest BCUT2D eigenvalue weighted by Gasteiger charge is -2.14. The number of nitrogens with two attached hydrogens (primary N) is 1. The fraction of sp³-hybridized carbons (Fsp3) is 0.625. The van der Waals surface area contributed by atoms with Gasteiger partial charge in [0.15, 0.2) is 0 Å². The van der Waals surface area contributed by atoms with Gasteiger partial charge in [-0.2, -0.15) is 0 Å². The molecule has 0 radical (unpaired) electrons. The van der Waals surface area contributed by atoms with Gasteiger partial charge >= 0.3 is 0 Å². The van der Waals surface area contributed by atoms with Crippen molar-refractivity contribution in [3.8, 4) is 5.75 Å². The van der Waals surface area contributed by atoms with Gasteiger partial charge in [0.05, 0.1) is 7.11 Å². The summed E-state index contributed by atoms with van der Waals surface area (Å²) in [6.45, 7) is 2.24. The average molecular weight is 328 g/mol. The highest BCUT2D eigenvalue weighted by Crippen LogP contribution is 2.24. The van der Waals surface area contributed by atoms with Gasteiger partial charge in [-0.1, -0.05) is 55.0 Å². The fourth-order valence-electron chi connectivity index (χ4n) is 2.30. The summed E-state index contributed by atoms with van der Waals surface area (Å²) in [4.78, 5) is 0. The molecule has 2 N–H and O–H groups in total. The fourth-order valence-corrected chi connectivity index (χ4v) is 2.71. The van der Waals surface area contributed by atoms with Gasteiger partial charge in [0.2, 0.25) is 0 Å². The minimum absolute atomic E-state index is 0.227. The van der Waals surface area contributed by atoms with E-state index in [4.69, 9.17) is 10.5 Å². The highest BCUT2D eigenvalue weighted by Gasteiger charge is 2.09. The van der Waals surface area contributed by atoms with Crippen molar-refractivity contribution >= 4 is 15.9 Å². The minimum atomic E-state index is 0.227. The maximum absolute atomic E-state index is 6.22. The van der Waals surface area contributed by atoms with Crippen LogP contribution >= 0.6 is 15.9 Å². The Labute approximate surface area is 125 Å². The second-order valence-electron chi connectivity index (χ2n) is 5.12. The van der Waals surface area contributed by atoms with E-state index in [2.05, 4.69) is 28.9 Å². The molecule has 0 aliphatic rings. The summed E-state index contributed by atoms with van der Waals surface area (Å²) in [5.74, 6) is 0.935. The molecule has 108 valence electrons. The summed E-state index contributed by atoms with van der Waals surface area (Å²) in [5.41, 5.74) is 7.42. The maximum Gasteiger partial charge on any atom is 0.122 e. The van der Waals surface area contributed by atoms with Crippen LogP contribution in [-0.2, 0) is 6.42 Å². The third-order valence-corrected chi connectivity index (χ3v) is 3.90. The molecule has 1 aromatic carbocycles. The van der Waals surface area contributed by atoms with Crippen LogP contribution < -0.4 is 10.5 Å². The molecule has 1 aromatic rings. The first-order chi connectivity index (χ1) is 9.17. The van der Waals surface area contributed by atoms with E-state index in [1.165, 1.54) is 37.7 Å². The molecule has 0 spiro atoms. The lowest BCUT2D eigenvalue weighted by Crippen LogP contribution is -2.22. The highest BCUT2D eigenvalue weighted by atomic mass is 79.9. The lowest BCUT2D eigenvalue weighted by atomic mass is 10.00. The molecule has 1 atom stereocenters. The Morgan fingerprint density at radius 1 is 1.21 bits per heavy atom. The first-order valence-corrected chi connectivity index (χ1v) is 8.04. The van der Waals surface area contributed by atoms with Gasteiger partial charge in [-0.3, -0.25) is 0 Å². The van der Waals surface area contributed by atoms with Gasteiger partial charge in [-0.15, -0.1) is 0 Å². The van der Waals surface area contributed by atoms with Gasteiger partial charge < -0.3 is 10.5 Å². The van der Waals surface area contributed by atoms with Crippen molar-refractivity contribution in [1.82, 2.24) is 0 Å². The van der Waals surface area contributed by atoms with Crippen LogP contribution in [0.5, 0.6) is 5.75 Å². The number of hydrogen-bond donors (Lipinski definition) is 1. The molecule has 0 bridgehead atoms. The molecule has 0 fully saturated rings. The molecule has 1 rings (SSSR count). The van der Waals surface area contributed by atoms with E-state index < -0.39 is 0 Å². The van der Waals surface area contributed by atoms with Gasteiger partial charge in [0, 0.05) is 10.5 Å². The van der Waals surface area contributed by atoms with Crippen molar-refractivity contribution in [2.45, 2.75) is 57.9 Å². The summed E-state index contributed by atoms with van der Waals surface area (Å²) in [5, 5.41) is 0. The summed E-state index contributed by atoms with van der Waals surface area (Å²) in [7, 11) is 1.71. The van der Waals surface area contributed by atoms with Gasteiger partial charge in [-0.25, -0.2) is 0 Å². The minimum Gasteiger partial charge on any atom is -0.496 e. The summed E-state index contributed by atoms with van der Waals surface area (Å²) in [6, 6.07) is 6.33. The molecule has 0 saturated heterocycles. The Morgan fingerprint density at radius 3 is 2.63 bits per heavy atom. The van der Waals surface area contributed by atoms with Crippen molar-refractivity contribution in [3.05, 3.63) is 28.2 Å². The van der Waals surface area contributed by atoms with Crippen molar-refractivity contribution in [3.63, 3.8) is 0 Å². The quantitative estimate of drug-likeness (QED) is 0.668. The predicted molar refractivity (Wildman–Crippen MR) is 85.7 cm³/mol.